The summed E-state index contributed by atoms with van der Waals surface area (Å²) in [6, 6.07) is 3.82. The van der Waals surface area contributed by atoms with Crippen LogP contribution in [0.4, 0.5) is 5.69 Å². The number of ether oxygens (including phenoxy) is 1. The summed E-state index contributed by atoms with van der Waals surface area (Å²) in [4.78, 5) is 17.7. The molecule has 92 valence electrons. The molecule has 0 aliphatic carbocycles. The van der Waals surface area contributed by atoms with Crippen molar-refractivity contribution in [2.24, 2.45) is 0 Å². The Morgan fingerprint density at radius 1 is 1.22 bits per heavy atom. The Morgan fingerprint density at radius 2 is 1.94 bits per heavy atom. The highest BCUT2D eigenvalue weighted by molar-refractivity contribution is 6.32. The van der Waals surface area contributed by atoms with Gasteiger partial charge in [-0.15, -0.1) is 0 Å². The van der Waals surface area contributed by atoms with Gasteiger partial charge in [-0.1, -0.05) is 23.2 Å². The monoisotopic (exact) mass is 285 g/mol. The number of halogens is 2. The van der Waals surface area contributed by atoms with Crippen LogP contribution in [0.2, 0.25) is 10.2 Å². The Labute approximate surface area is 111 Å². The second kappa shape index (κ2) is 5.16. The van der Waals surface area contributed by atoms with Crippen LogP contribution in [0.15, 0.2) is 30.6 Å². The first-order valence-corrected chi connectivity index (χ1v) is 5.42. The molecule has 0 atom stereocenters. The highest BCUT2D eigenvalue weighted by Gasteiger charge is 2.13. The first-order chi connectivity index (χ1) is 8.58. The van der Waals surface area contributed by atoms with Crippen LogP contribution in [0.25, 0.3) is 0 Å². The summed E-state index contributed by atoms with van der Waals surface area (Å²) in [7, 11) is 0. The maximum atomic E-state index is 10.6. The molecule has 0 bridgehead atoms. The largest absolute Gasteiger partial charge is 0.435 e. The SMILES string of the molecule is O=[N+]([O-])c1ccc(Cl)c(Oc2nccnc2Cl)c1. The highest BCUT2D eigenvalue weighted by Crippen LogP contribution is 2.33. The zero-order valence-electron chi connectivity index (χ0n) is 8.71. The summed E-state index contributed by atoms with van der Waals surface area (Å²) in [6.45, 7) is 0. The summed E-state index contributed by atoms with van der Waals surface area (Å²) in [6.07, 6.45) is 2.77. The summed E-state index contributed by atoms with van der Waals surface area (Å²) in [5.41, 5.74) is -0.144. The van der Waals surface area contributed by atoms with Crippen molar-refractivity contribution in [2.75, 3.05) is 0 Å². The number of nitrogens with zero attached hydrogens (tertiary/aromatic N) is 3. The van der Waals surface area contributed by atoms with Crippen molar-refractivity contribution in [3.63, 3.8) is 0 Å². The van der Waals surface area contributed by atoms with Crippen LogP contribution in [0.5, 0.6) is 11.6 Å². The van der Waals surface area contributed by atoms with Crippen LogP contribution in [0.1, 0.15) is 0 Å². The summed E-state index contributed by atoms with van der Waals surface area (Å²) >= 11 is 11.6. The quantitative estimate of drug-likeness (QED) is 0.637. The number of rotatable bonds is 3. The van der Waals surface area contributed by atoms with Crippen molar-refractivity contribution in [3.8, 4) is 11.6 Å². The average molecular weight is 286 g/mol. The normalized spacial score (nSPS) is 10.1. The smallest absolute Gasteiger partial charge is 0.273 e. The van der Waals surface area contributed by atoms with E-state index in [4.69, 9.17) is 27.9 Å². The predicted octanol–water partition coefficient (Wildman–Crippen LogP) is 3.48. The Hall–Kier alpha value is -1.92. The minimum atomic E-state index is -0.554. The molecule has 0 radical (unpaired) electrons. The van der Waals surface area contributed by atoms with Gasteiger partial charge in [0.2, 0.25) is 0 Å². The predicted molar refractivity (Wildman–Crippen MR) is 65.2 cm³/mol. The van der Waals surface area contributed by atoms with Crippen molar-refractivity contribution in [3.05, 3.63) is 50.9 Å². The van der Waals surface area contributed by atoms with Crippen molar-refractivity contribution >= 4 is 28.9 Å². The lowest BCUT2D eigenvalue weighted by Gasteiger charge is -2.06. The molecule has 0 amide bonds. The van der Waals surface area contributed by atoms with Gasteiger partial charge in [0, 0.05) is 18.5 Å². The maximum absolute atomic E-state index is 10.6. The van der Waals surface area contributed by atoms with Crippen LogP contribution in [-0.4, -0.2) is 14.9 Å². The lowest BCUT2D eigenvalue weighted by Crippen LogP contribution is -1.93. The molecule has 18 heavy (non-hydrogen) atoms. The molecule has 1 aromatic carbocycles. The molecule has 0 spiro atoms. The van der Waals surface area contributed by atoms with Crippen LogP contribution in [0.3, 0.4) is 0 Å². The number of nitro groups is 1. The Morgan fingerprint density at radius 3 is 2.61 bits per heavy atom. The molecule has 0 fully saturated rings. The van der Waals surface area contributed by atoms with E-state index >= 15 is 0 Å². The van der Waals surface area contributed by atoms with Gasteiger partial charge < -0.3 is 4.74 Å². The van der Waals surface area contributed by atoms with Gasteiger partial charge >= 0.3 is 0 Å². The van der Waals surface area contributed by atoms with E-state index in [9.17, 15) is 10.1 Å². The molecule has 1 aromatic heterocycles. The van der Waals surface area contributed by atoms with Crippen LogP contribution >= 0.6 is 23.2 Å². The molecule has 0 unspecified atom stereocenters. The summed E-state index contributed by atoms with van der Waals surface area (Å²) in [5, 5.41) is 10.9. The van der Waals surface area contributed by atoms with Gasteiger partial charge in [0.05, 0.1) is 16.0 Å². The average Bonchev–Trinajstić information content (AvgIpc) is 2.34. The molecule has 1 heterocycles. The van der Waals surface area contributed by atoms with Gasteiger partial charge in [-0.05, 0) is 6.07 Å². The molecule has 8 heteroatoms. The zero-order chi connectivity index (χ0) is 13.1. The van der Waals surface area contributed by atoms with Gasteiger partial charge in [0.15, 0.2) is 10.9 Å². The van der Waals surface area contributed by atoms with E-state index in [0.717, 1.165) is 0 Å². The van der Waals surface area contributed by atoms with Crippen LogP contribution in [-0.2, 0) is 0 Å². The second-order valence-corrected chi connectivity index (χ2v) is 3.89. The van der Waals surface area contributed by atoms with E-state index in [-0.39, 0.29) is 27.5 Å². The first-order valence-electron chi connectivity index (χ1n) is 4.66. The van der Waals surface area contributed by atoms with Gasteiger partial charge in [0.1, 0.15) is 0 Å². The fraction of sp³-hybridized carbons (Fsp3) is 0. The lowest BCUT2D eigenvalue weighted by molar-refractivity contribution is -0.384. The molecule has 0 aliphatic rings. The van der Waals surface area contributed by atoms with E-state index in [1.165, 1.54) is 30.6 Å². The fourth-order valence-electron chi connectivity index (χ4n) is 1.16. The molecule has 6 nitrogen and oxygen atoms in total. The molecule has 0 saturated heterocycles. The third-order valence-corrected chi connectivity index (χ3v) is 2.53. The van der Waals surface area contributed by atoms with Crippen LogP contribution in [0, 0.1) is 10.1 Å². The van der Waals surface area contributed by atoms with E-state index in [0.29, 0.717) is 0 Å². The van der Waals surface area contributed by atoms with E-state index in [1.807, 2.05) is 0 Å². The third kappa shape index (κ3) is 2.66. The van der Waals surface area contributed by atoms with E-state index in [2.05, 4.69) is 9.97 Å². The summed E-state index contributed by atoms with van der Waals surface area (Å²) in [5.74, 6) is 0.120. The third-order valence-electron chi connectivity index (χ3n) is 1.96. The molecular weight excluding hydrogens is 281 g/mol. The maximum Gasteiger partial charge on any atom is 0.273 e. The highest BCUT2D eigenvalue weighted by atomic mass is 35.5. The standard InChI is InChI=1S/C10H5Cl2N3O3/c11-7-2-1-6(15(16)17)5-8(7)18-10-9(12)13-3-4-14-10/h1-5H. The van der Waals surface area contributed by atoms with Gasteiger partial charge in [-0.2, -0.15) is 0 Å². The second-order valence-electron chi connectivity index (χ2n) is 3.13. The number of non-ortho nitro benzene ring substituents is 1. The fourth-order valence-corrected chi connectivity index (χ4v) is 1.46. The minimum absolute atomic E-state index is 0.0292. The molecular formula is C10H5Cl2N3O3. The van der Waals surface area contributed by atoms with Crippen molar-refractivity contribution in [1.82, 2.24) is 9.97 Å². The first kappa shape index (κ1) is 12.5. The molecule has 2 aromatic rings. The number of hydrogen-bond acceptors (Lipinski definition) is 5. The van der Waals surface area contributed by atoms with Gasteiger partial charge in [-0.25, -0.2) is 9.97 Å². The number of benzene rings is 1. The Balaban J connectivity index is 2.37. The van der Waals surface area contributed by atoms with Crippen molar-refractivity contribution in [1.29, 1.82) is 0 Å². The van der Waals surface area contributed by atoms with Crippen molar-refractivity contribution in [2.45, 2.75) is 0 Å². The van der Waals surface area contributed by atoms with Crippen LogP contribution < -0.4 is 4.74 Å². The van der Waals surface area contributed by atoms with Gasteiger partial charge in [0.25, 0.3) is 11.6 Å². The van der Waals surface area contributed by atoms with Crippen molar-refractivity contribution < 1.29 is 9.66 Å². The molecule has 0 N–H and O–H groups in total. The Kier molecular flexibility index (Phi) is 3.59. The molecule has 0 saturated carbocycles. The number of hydrogen-bond donors (Lipinski definition) is 0. The Bertz CT molecular complexity index is 607. The summed E-state index contributed by atoms with van der Waals surface area (Å²) < 4.78 is 5.29. The van der Waals surface area contributed by atoms with E-state index < -0.39 is 4.92 Å². The lowest BCUT2D eigenvalue weighted by atomic mass is 10.3. The zero-order valence-corrected chi connectivity index (χ0v) is 10.2. The molecule has 0 aliphatic heterocycles. The number of nitro benzene ring substituents is 1. The van der Waals surface area contributed by atoms with E-state index in [1.54, 1.807) is 0 Å². The minimum Gasteiger partial charge on any atom is -0.435 e. The number of aromatic nitrogens is 2. The van der Waals surface area contributed by atoms with Gasteiger partial charge in [-0.3, -0.25) is 10.1 Å². The topological polar surface area (TPSA) is 78.2 Å². The molecule has 2 rings (SSSR count).